The second kappa shape index (κ2) is 8.88. The van der Waals surface area contributed by atoms with Crippen molar-refractivity contribution in [3.63, 3.8) is 0 Å². The molecule has 0 aromatic heterocycles. The van der Waals surface area contributed by atoms with Crippen LogP contribution < -0.4 is 5.32 Å². The molecule has 2 aromatic carbocycles. The van der Waals surface area contributed by atoms with Gasteiger partial charge in [0.05, 0.1) is 12.7 Å². The Morgan fingerprint density at radius 1 is 1.14 bits per heavy atom. The number of alkyl halides is 3. The van der Waals surface area contributed by atoms with Gasteiger partial charge in [-0.2, -0.15) is 13.2 Å². The van der Waals surface area contributed by atoms with Gasteiger partial charge in [-0.15, -0.1) is 0 Å². The molecule has 150 valence electrons. The van der Waals surface area contributed by atoms with Crippen LogP contribution in [0.25, 0.3) is 0 Å². The van der Waals surface area contributed by atoms with E-state index in [-0.39, 0.29) is 12.0 Å². The van der Waals surface area contributed by atoms with Gasteiger partial charge in [0.2, 0.25) is 0 Å². The number of carbonyl (C=O) groups excluding carboxylic acids is 2. The fourth-order valence-corrected chi connectivity index (χ4v) is 2.67. The van der Waals surface area contributed by atoms with Gasteiger partial charge in [0.1, 0.15) is 6.04 Å². The van der Waals surface area contributed by atoms with Crippen molar-refractivity contribution in [3.05, 3.63) is 70.8 Å². The average Bonchev–Trinajstić information content (AvgIpc) is 2.65. The molecule has 2 aromatic rings. The predicted molar refractivity (Wildman–Crippen MR) is 95.2 cm³/mol. The van der Waals surface area contributed by atoms with Gasteiger partial charge in [-0.3, -0.25) is 4.79 Å². The van der Waals surface area contributed by atoms with E-state index in [9.17, 15) is 27.9 Å². The Morgan fingerprint density at radius 3 is 2.32 bits per heavy atom. The summed E-state index contributed by atoms with van der Waals surface area (Å²) in [5, 5.41) is 12.5. The third-order valence-corrected chi connectivity index (χ3v) is 4.13. The summed E-state index contributed by atoms with van der Waals surface area (Å²) in [6, 6.07) is 9.83. The van der Waals surface area contributed by atoms with Gasteiger partial charge in [-0.25, -0.2) is 4.79 Å². The van der Waals surface area contributed by atoms with Crippen molar-refractivity contribution < 1.29 is 32.6 Å². The van der Waals surface area contributed by atoms with Crippen molar-refractivity contribution in [1.29, 1.82) is 0 Å². The molecule has 0 heterocycles. The van der Waals surface area contributed by atoms with Gasteiger partial charge in [-0.1, -0.05) is 42.0 Å². The van der Waals surface area contributed by atoms with Gasteiger partial charge < -0.3 is 15.2 Å². The number of benzene rings is 2. The second-order valence-corrected chi connectivity index (χ2v) is 6.30. The maximum atomic E-state index is 12.6. The summed E-state index contributed by atoms with van der Waals surface area (Å²) in [5.41, 5.74) is 0.831. The standard InChI is InChI=1S/C20H20F3NO4/c1-12-4-3-5-13(10-12)11-16(19(27)28-2)24-18(26)17(25)14-6-8-15(9-7-14)20(21,22)23/h3-10,16-17,25H,11H2,1-2H3,(H,24,26)/t16-,17-/m1/s1. The van der Waals surface area contributed by atoms with Crippen LogP contribution in [0.15, 0.2) is 48.5 Å². The minimum absolute atomic E-state index is 0.0235. The first-order chi connectivity index (χ1) is 13.1. The lowest BCUT2D eigenvalue weighted by Gasteiger charge is -2.19. The lowest BCUT2D eigenvalue weighted by atomic mass is 10.0. The third kappa shape index (κ3) is 5.56. The highest BCUT2D eigenvalue weighted by molar-refractivity contribution is 5.87. The summed E-state index contributed by atoms with van der Waals surface area (Å²) in [5.74, 6) is -1.61. The SMILES string of the molecule is COC(=O)[C@@H](Cc1cccc(C)c1)NC(=O)[C@H](O)c1ccc(C(F)(F)F)cc1. The van der Waals surface area contributed by atoms with Gasteiger partial charge in [0, 0.05) is 6.42 Å². The maximum absolute atomic E-state index is 12.6. The van der Waals surface area contributed by atoms with Crippen LogP contribution in [-0.2, 0) is 26.9 Å². The largest absolute Gasteiger partial charge is 0.467 e. The Labute approximate surface area is 160 Å². The molecule has 0 radical (unpaired) electrons. The minimum atomic E-state index is -4.52. The van der Waals surface area contributed by atoms with Crippen LogP contribution in [0.2, 0.25) is 0 Å². The predicted octanol–water partition coefficient (Wildman–Crippen LogP) is 2.95. The highest BCUT2D eigenvalue weighted by Crippen LogP contribution is 2.30. The normalized spacial score (nSPS) is 13.5. The summed E-state index contributed by atoms with van der Waals surface area (Å²) in [4.78, 5) is 24.3. The Bertz CT molecular complexity index is 834. The molecule has 0 aliphatic heterocycles. The fourth-order valence-electron chi connectivity index (χ4n) is 2.67. The van der Waals surface area contributed by atoms with E-state index in [0.717, 1.165) is 35.4 Å². The summed E-state index contributed by atoms with van der Waals surface area (Å²) in [6.07, 6.45) is -6.11. The summed E-state index contributed by atoms with van der Waals surface area (Å²) in [7, 11) is 1.17. The van der Waals surface area contributed by atoms with Crippen molar-refractivity contribution in [2.75, 3.05) is 7.11 Å². The fraction of sp³-hybridized carbons (Fsp3) is 0.300. The zero-order valence-electron chi connectivity index (χ0n) is 15.3. The van der Waals surface area contributed by atoms with Gasteiger partial charge >= 0.3 is 12.1 Å². The molecular weight excluding hydrogens is 375 g/mol. The van der Waals surface area contributed by atoms with Gasteiger partial charge in [0.15, 0.2) is 6.10 Å². The molecule has 0 unspecified atom stereocenters. The highest BCUT2D eigenvalue weighted by Gasteiger charge is 2.31. The van der Waals surface area contributed by atoms with Crippen molar-refractivity contribution in [3.8, 4) is 0 Å². The summed E-state index contributed by atoms with van der Waals surface area (Å²) in [6.45, 7) is 1.88. The van der Waals surface area contributed by atoms with E-state index in [1.165, 1.54) is 7.11 Å². The van der Waals surface area contributed by atoms with Crippen LogP contribution in [0.3, 0.4) is 0 Å². The van der Waals surface area contributed by atoms with Crippen molar-refractivity contribution >= 4 is 11.9 Å². The molecule has 5 nitrogen and oxygen atoms in total. The van der Waals surface area contributed by atoms with E-state index in [1.54, 1.807) is 12.1 Å². The number of ether oxygens (including phenoxy) is 1. The van der Waals surface area contributed by atoms with Crippen LogP contribution in [-0.4, -0.2) is 30.1 Å². The first-order valence-electron chi connectivity index (χ1n) is 8.41. The number of amides is 1. The quantitative estimate of drug-likeness (QED) is 0.738. The molecule has 2 atom stereocenters. The van der Waals surface area contributed by atoms with Crippen LogP contribution in [0.1, 0.15) is 28.4 Å². The molecule has 0 bridgehead atoms. The maximum Gasteiger partial charge on any atom is 0.416 e. The molecular formula is C20H20F3NO4. The van der Waals surface area contributed by atoms with Gasteiger partial charge in [0.25, 0.3) is 5.91 Å². The summed E-state index contributed by atoms with van der Waals surface area (Å²) >= 11 is 0. The van der Waals surface area contributed by atoms with Crippen LogP contribution in [0.4, 0.5) is 13.2 Å². The number of aliphatic hydroxyl groups is 1. The molecule has 28 heavy (non-hydrogen) atoms. The molecule has 0 saturated heterocycles. The number of methoxy groups -OCH3 is 1. The first kappa shape index (κ1) is 21.4. The van der Waals surface area contributed by atoms with E-state index in [0.29, 0.717) is 0 Å². The molecule has 2 rings (SSSR count). The number of aryl methyl sites for hydroxylation is 1. The topological polar surface area (TPSA) is 75.6 Å². The second-order valence-electron chi connectivity index (χ2n) is 6.30. The first-order valence-corrected chi connectivity index (χ1v) is 8.41. The molecule has 0 saturated carbocycles. The van der Waals surface area contributed by atoms with Crippen molar-refractivity contribution in [1.82, 2.24) is 5.32 Å². The van der Waals surface area contributed by atoms with E-state index >= 15 is 0 Å². The molecule has 8 heteroatoms. The minimum Gasteiger partial charge on any atom is -0.467 e. The van der Waals surface area contributed by atoms with E-state index < -0.39 is 35.8 Å². The zero-order valence-corrected chi connectivity index (χ0v) is 15.3. The number of carbonyl (C=O) groups is 2. The highest BCUT2D eigenvalue weighted by atomic mass is 19.4. The number of rotatable bonds is 6. The molecule has 0 aliphatic carbocycles. The Morgan fingerprint density at radius 2 is 1.79 bits per heavy atom. The molecule has 2 N–H and O–H groups in total. The smallest absolute Gasteiger partial charge is 0.416 e. The Kier molecular flexibility index (Phi) is 6.80. The van der Waals surface area contributed by atoms with E-state index in [2.05, 4.69) is 5.32 Å². The molecule has 0 fully saturated rings. The van der Waals surface area contributed by atoms with Crippen LogP contribution in [0.5, 0.6) is 0 Å². The lowest BCUT2D eigenvalue weighted by molar-refractivity contribution is -0.146. The van der Waals surface area contributed by atoms with Crippen LogP contribution in [0, 0.1) is 6.92 Å². The average molecular weight is 395 g/mol. The Balaban J connectivity index is 2.12. The number of halogens is 3. The Hall–Kier alpha value is -2.87. The lowest BCUT2D eigenvalue weighted by Crippen LogP contribution is -2.45. The number of hydrogen-bond acceptors (Lipinski definition) is 4. The van der Waals surface area contributed by atoms with Gasteiger partial charge in [-0.05, 0) is 30.2 Å². The van der Waals surface area contributed by atoms with E-state index in [1.807, 2.05) is 19.1 Å². The van der Waals surface area contributed by atoms with Crippen molar-refractivity contribution in [2.45, 2.75) is 31.7 Å². The summed E-state index contributed by atoms with van der Waals surface area (Å²) < 4.78 is 42.6. The third-order valence-electron chi connectivity index (χ3n) is 4.13. The molecule has 0 aliphatic rings. The number of hydrogen-bond donors (Lipinski definition) is 2. The van der Waals surface area contributed by atoms with E-state index in [4.69, 9.17) is 4.74 Å². The zero-order chi connectivity index (χ0) is 20.9. The van der Waals surface area contributed by atoms with Crippen LogP contribution >= 0.6 is 0 Å². The molecule has 0 spiro atoms. The number of esters is 1. The molecule has 1 amide bonds. The number of aliphatic hydroxyl groups excluding tert-OH is 1. The monoisotopic (exact) mass is 395 g/mol. The number of nitrogens with one attached hydrogen (secondary N) is 1. The van der Waals surface area contributed by atoms with Crippen molar-refractivity contribution in [2.24, 2.45) is 0 Å².